The van der Waals surface area contributed by atoms with E-state index in [2.05, 4.69) is 17.9 Å². The zero-order valence-electron chi connectivity index (χ0n) is 7.53. The Morgan fingerprint density at radius 2 is 2.08 bits per heavy atom. The van der Waals surface area contributed by atoms with E-state index in [4.69, 9.17) is 0 Å². The SMILES string of the molecule is CN[C@H](Cc1ccccc1)C(=O)S. The maximum atomic E-state index is 11.0. The van der Waals surface area contributed by atoms with Crippen molar-refractivity contribution in [3.63, 3.8) is 0 Å². The number of carbonyl (C=O) groups excluding carboxylic acids is 1. The smallest absolute Gasteiger partial charge is 0.203 e. The summed E-state index contributed by atoms with van der Waals surface area (Å²) in [5, 5.41) is 2.80. The molecule has 0 aliphatic heterocycles. The molecular formula is C10H13NOS. The van der Waals surface area contributed by atoms with Gasteiger partial charge in [-0.1, -0.05) is 30.3 Å². The first kappa shape index (κ1) is 10.3. The number of hydrogen-bond donors (Lipinski definition) is 2. The van der Waals surface area contributed by atoms with E-state index in [1.54, 1.807) is 7.05 Å². The van der Waals surface area contributed by atoms with Crippen LogP contribution in [0.15, 0.2) is 30.3 Å². The van der Waals surface area contributed by atoms with Gasteiger partial charge in [-0.25, -0.2) is 0 Å². The van der Waals surface area contributed by atoms with E-state index in [0.29, 0.717) is 6.42 Å². The lowest BCUT2D eigenvalue weighted by Gasteiger charge is -2.11. The van der Waals surface area contributed by atoms with Crippen LogP contribution in [0, 0.1) is 0 Å². The van der Waals surface area contributed by atoms with Crippen molar-refractivity contribution < 1.29 is 4.79 Å². The molecule has 0 saturated heterocycles. The second-order valence-corrected chi connectivity index (χ2v) is 3.31. The summed E-state index contributed by atoms with van der Waals surface area (Å²) in [6.45, 7) is 0. The van der Waals surface area contributed by atoms with E-state index in [9.17, 15) is 4.79 Å². The summed E-state index contributed by atoms with van der Waals surface area (Å²) < 4.78 is 0. The lowest BCUT2D eigenvalue weighted by molar-refractivity contribution is -0.112. The molecule has 0 aliphatic rings. The summed E-state index contributed by atoms with van der Waals surface area (Å²) >= 11 is 3.80. The molecule has 3 heteroatoms. The minimum Gasteiger partial charge on any atom is -0.310 e. The molecule has 0 amide bonds. The number of thiol groups is 1. The maximum Gasteiger partial charge on any atom is 0.203 e. The van der Waals surface area contributed by atoms with Crippen molar-refractivity contribution in [2.45, 2.75) is 12.5 Å². The van der Waals surface area contributed by atoms with Crippen molar-refractivity contribution in [3.05, 3.63) is 35.9 Å². The van der Waals surface area contributed by atoms with Crippen LogP contribution in [0.3, 0.4) is 0 Å². The number of rotatable bonds is 4. The van der Waals surface area contributed by atoms with Crippen LogP contribution in [0.2, 0.25) is 0 Å². The molecule has 70 valence electrons. The molecule has 0 saturated carbocycles. The van der Waals surface area contributed by atoms with Crippen LogP contribution < -0.4 is 5.32 Å². The molecule has 0 aliphatic carbocycles. The van der Waals surface area contributed by atoms with Gasteiger partial charge in [-0.3, -0.25) is 4.79 Å². The standard InChI is InChI=1S/C10H13NOS/c1-11-9(10(12)13)7-8-5-3-2-4-6-8/h2-6,9,11H,7H2,1H3,(H,12,13)/t9-/m1/s1. The molecule has 1 aromatic rings. The number of nitrogens with one attached hydrogen (secondary N) is 1. The van der Waals surface area contributed by atoms with Crippen LogP contribution in [0.4, 0.5) is 0 Å². The predicted molar refractivity (Wildman–Crippen MR) is 57.0 cm³/mol. The average Bonchev–Trinajstić information content (AvgIpc) is 2.15. The van der Waals surface area contributed by atoms with Gasteiger partial charge in [0.2, 0.25) is 5.12 Å². The molecule has 0 unspecified atom stereocenters. The Kier molecular flexibility index (Phi) is 3.99. The Hall–Kier alpha value is -0.800. The third kappa shape index (κ3) is 3.20. The first-order chi connectivity index (χ1) is 6.24. The Labute approximate surface area is 83.8 Å². The fourth-order valence-electron chi connectivity index (χ4n) is 1.16. The second kappa shape index (κ2) is 5.04. The highest BCUT2D eigenvalue weighted by atomic mass is 32.1. The van der Waals surface area contributed by atoms with Crippen molar-refractivity contribution in [3.8, 4) is 0 Å². The summed E-state index contributed by atoms with van der Waals surface area (Å²) in [6, 6.07) is 9.70. The van der Waals surface area contributed by atoms with Gasteiger partial charge in [0.25, 0.3) is 0 Å². The largest absolute Gasteiger partial charge is 0.310 e. The van der Waals surface area contributed by atoms with Gasteiger partial charge in [0.05, 0.1) is 6.04 Å². The molecule has 1 rings (SSSR count). The van der Waals surface area contributed by atoms with E-state index >= 15 is 0 Å². The molecule has 1 aromatic carbocycles. The lowest BCUT2D eigenvalue weighted by atomic mass is 10.1. The molecule has 1 N–H and O–H groups in total. The van der Waals surface area contributed by atoms with Crippen LogP contribution in [0.25, 0.3) is 0 Å². The molecule has 0 spiro atoms. The fraction of sp³-hybridized carbons (Fsp3) is 0.300. The van der Waals surface area contributed by atoms with Crippen LogP contribution in [-0.2, 0) is 11.2 Å². The van der Waals surface area contributed by atoms with Crippen molar-refractivity contribution in [2.75, 3.05) is 7.05 Å². The quantitative estimate of drug-likeness (QED) is 0.709. The fourth-order valence-corrected chi connectivity index (χ4v) is 1.38. The Morgan fingerprint density at radius 3 is 2.54 bits per heavy atom. The zero-order valence-corrected chi connectivity index (χ0v) is 8.42. The van der Waals surface area contributed by atoms with Gasteiger partial charge in [0.15, 0.2) is 0 Å². The van der Waals surface area contributed by atoms with Crippen LogP contribution >= 0.6 is 12.6 Å². The molecule has 0 radical (unpaired) electrons. The minimum atomic E-state index is -0.189. The molecule has 0 aromatic heterocycles. The molecule has 1 atom stereocenters. The highest BCUT2D eigenvalue weighted by Gasteiger charge is 2.12. The second-order valence-electron chi connectivity index (χ2n) is 2.87. The number of carbonyl (C=O) groups is 1. The van der Waals surface area contributed by atoms with Crippen molar-refractivity contribution in [1.29, 1.82) is 0 Å². The number of benzene rings is 1. The van der Waals surface area contributed by atoms with Gasteiger partial charge < -0.3 is 5.32 Å². The first-order valence-corrected chi connectivity index (χ1v) is 4.62. The van der Waals surface area contributed by atoms with Gasteiger partial charge in [-0.05, 0) is 19.0 Å². The first-order valence-electron chi connectivity index (χ1n) is 4.18. The van der Waals surface area contributed by atoms with E-state index in [1.165, 1.54) is 0 Å². The molecule has 13 heavy (non-hydrogen) atoms. The van der Waals surface area contributed by atoms with E-state index in [0.717, 1.165) is 5.56 Å². The van der Waals surface area contributed by atoms with E-state index in [-0.39, 0.29) is 11.2 Å². The van der Waals surface area contributed by atoms with Crippen molar-refractivity contribution >= 4 is 17.7 Å². The van der Waals surface area contributed by atoms with Crippen LogP contribution in [0.5, 0.6) is 0 Å². The third-order valence-electron chi connectivity index (χ3n) is 1.93. The lowest BCUT2D eigenvalue weighted by Crippen LogP contribution is -2.33. The van der Waals surface area contributed by atoms with Gasteiger partial charge in [-0.15, -0.1) is 12.6 Å². The van der Waals surface area contributed by atoms with Crippen LogP contribution in [-0.4, -0.2) is 18.2 Å². The monoisotopic (exact) mass is 195 g/mol. The Morgan fingerprint density at radius 1 is 1.46 bits per heavy atom. The van der Waals surface area contributed by atoms with Gasteiger partial charge in [0.1, 0.15) is 0 Å². The molecule has 0 heterocycles. The highest BCUT2D eigenvalue weighted by Crippen LogP contribution is 2.04. The van der Waals surface area contributed by atoms with Crippen LogP contribution in [0.1, 0.15) is 5.56 Å². The van der Waals surface area contributed by atoms with Gasteiger partial charge in [0, 0.05) is 0 Å². The van der Waals surface area contributed by atoms with Gasteiger partial charge >= 0.3 is 0 Å². The third-order valence-corrected chi connectivity index (χ3v) is 2.24. The molecule has 2 nitrogen and oxygen atoms in total. The van der Waals surface area contributed by atoms with Gasteiger partial charge in [-0.2, -0.15) is 0 Å². The average molecular weight is 195 g/mol. The Balaban J connectivity index is 2.62. The van der Waals surface area contributed by atoms with Crippen molar-refractivity contribution in [2.24, 2.45) is 0 Å². The zero-order chi connectivity index (χ0) is 9.68. The Bertz CT molecular complexity index is 274. The minimum absolute atomic E-state index is 0.119. The summed E-state index contributed by atoms with van der Waals surface area (Å²) in [6.07, 6.45) is 0.694. The highest BCUT2D eigenvalue weighted by molar-refractivity contribution is 7.96. The van der Waals surface area contributed by atoms with E-state index in [1.807, 2.05) is 30.3 Å². The summed E-state index contributed by atoms with van der Waals surface area (Å²) in [4.78, 5) is 11.0. The summed E-state index contributed by atoms with van der Waals surface area (Å²) in [5.41, 5.74) is 1.14. The molecular weight excluding hydrogens is 182 g/mol. The normalized spacial score (nSPS) is 12.5. The topological polar surface area (TPSA) is 29.1 Å². The predicted octanol–water partition coefficient (Wildman–Crippen LogP) is 1.27. The molecule has 0 fully saturated rings. The molecule has 0 bridgehead atoms. The number of likely N-dealkylation sites (N-methyl/N-ethyl adjacent to an activating group) is 1. The summed E-state index contributed by atoms with van der Waals surface area (Å²) in [7, 11) is 1.77. The van der Waals surface area contributed by atoms with Crippen molar-refractivity contribution in [1.82, 2.24) is 5.32 Å². The maximum absolute atomic E-state index is 11.0. The number of hydrogen-bond acceptors (Lipinski definition) is 2. The van der Waals surface area contributed by atoms with E-state index < -0.39 is 0 Å². The summed E-state index contributed by atoms with van der Waals surface area (Å²) in [5.74, 6) is 0.